The third-order valence-electron chi connectivity index (χ3n) is 4.08. The maximum Gasteiger partial charge on any atom is 0.246 e. The van der Waals surface area contributed by atoms with Gasteiger partial charge in [0.1, 0.15) is 6.33 Å². The smallest absolute Gasteiger partial charge is 0.246 e. The van der Waals surface area contributed by atoms with Crippen LogP contribution in [0.4, 0.5) is 11.4 Å². The molecule has 7 heteroatoms. The molecule has 0 unspecified atom stereocenters. The van der Waals surface area contributed by atoms with Gasteiger partial charge in [0.05, 0.1) is 12.2 Å². The van der Waals surface area contributed by atoms with Crippen LogP contribution in [0.3, 0.4) is 0 Å². The van der Waals surface area contributed by atoms with Gasteiger partial charge >= 0.3 is 0 Å². The number of rotatable bonds is 6. The molecule has 0 fully saturated rings. The fraction of sp³-hybridized carbons (Fsp3) is 0.263. The van der Waals surface area contributed by atoms with Gasteiger partial charge in [-0.3, -0.25) is 4.79 Å². The van der Waals surface area contributed by atoms with Crippen molar-refractivity contribution in [2.24, 2.45) is 0 Å². The van der Waals surface area contributed by atoms with Crippen molar-refractivity contribution in [2.45, 2.75) is 26.8 Å². The van der Waals surface area contributed by atoms with Gasteiger partial charge in [-0.25, -0.2) is 4.68 Å². The van der Waals surface area contributed by atoms with E-state index in [4.69, 9.17) is 0 Å². The van der Waals surface area contributed by atoms with Gasteiger partial charge in [-0.1, -0.05) is 24.3 Å². The number of amides is 1. The molecule has 1 heterocycles. The van der Waals surface area contributed by atoms with Crippen LogP contribution in [0, 0.1) is 6.92 Å². The number of anilines is 2. The van der Waals surface area contributed by atoms with E-state index in [2.05, 4.69) is 20.8 Å². The van der Waals surface area contributed by atoms with Crippen LogP contribution in [0.15, 0.2) is 54.9 Å². The molecule has 1 amide bonds. The molecule has 1 aromatic heterocycles. The largest absolute Gasteiger partial charge is 0.376 e. The molecule has 0 aliphatic rings. The minimum atomic E-state index is 0.0124. The number of aromatic nitrogens is 4. The second kappa shape index (κ2) is 7.77. The SMILES string of the molecule is Cc1ccc(-n2cnnn2)cc1NCC(=O)N(c1ccccc1)C(C)C. The Balaban J connectivity index is 1.75. The van der Waals surface area contributed by atoms with Crippen molar-refractivity contribution in [3.63, 3.8) is 0 Å². The molecule has 0 radical (unpaired) electrons. The minimum absolute atomic E-state index is 0.0124. The average Bonchev–Trinajstić information content (AvgIpc) is 3.16. The summed E-state index contributed by atoms with van der Waals surface area (Å²) in [5.74, 6) is 0.0124. The highest BCUT2D eigenvalue weighted by molar-refractivity contribution is 5.96. The maximum absolute atomic E-state index is 12.8. The summed E-state index contributed by atoms with van der Waals surface area (Å²) in [6.07, 6.45) is 1.54. The van der Waals surface area contributed by atoms with Crippen LogP contribution < -0.4 is 10.2 Å². The molecule has 0 spiro atoms. The van der Waals surface area contributed by atoms with Crippen LogP contribution >= 0.6 is 0 Å². The van der Waals surface area contributed by atoms with Crippen molar-refractivity contribution >= 4 is 17.3 Å². The zero-order valence-electron chi connectivity index (χ0n) is 15.1. The van der Waals surface area contributed by atoms with Crippen molar-refractivity contribution in [1.29, 1.82) is 0 Å². The van der Waals surface area contributed by atoms with E-state index in [1.54, 1.807) is 9.58 Å². The van der Waals surface area contributed by atoms with E-state index in [1.807, 2.05) is 69.3 Å². The summed E-state index contributed by atoms with van der Waals surface area (Å²) in [5, 5.41) is 14.4. The Hall–Kier alpha value is -3.22. The van der Waals surface area contributed by atoms with Crippen molar-refractivity contribution in [3.8, 4) is 5.69 Å². The summed E-state index contributed by atoms with van der Waals surface area (Å²) in [7, 11) is 0. The second-order valence-electron chi connectivity index (χ2n) is 6.30. The summed E-state index contributed by atoms with van der Waals surface area (Å²) in [5.41, 5.74) is 3.65. The first-order chi connectivity index (χ1) is 12.6. The Morgan fingerprint density at radius 2 is 1.96 bits per heavy atom. The van der Waals surface area contributed by atoms with E-state index < -0.39 is 0 Å². The van der Waals surface area contributed by atoms with Crippen LogP contribution in [-0.2, 0) is 4.79 Å². The molecule has 26 heavy (non-hydrogen) atoms. The molecule has 7 nitrogen and oxygen atoms in total. The van der Waals surface area contributed by atoms with Gasteiger partial charge in [0.25, 0.3) is 0 Å². The van der Waals surface area contributed by atoms with E-state index in [0.717, 1.165) is 22.6 Å². The maximum atomic E-state index is 12.8. The molecule has 134 valence electrons. The molecular weight excluding hydrogens is 328 g/mol. The Morgan fingerprint density at radius 3 is 2.62 bits per heavy atom. The summed E-state index contributed by atoms with van der Waals surface area (Å²) in [6, 6.07) is 15.6. The topological polar surface area (TPSA) is 75.9 Å². The number of para-hydroxylation sites is 1. The molecule has 0 saturated carbocycles. The number of carbonyl (C=O) groups excluding carboxylic acids is 1. The number of nitrogens with zero attached hydrogens (tertiary/aromatic N) is 5. The van der Waals surface area contributed by atoms with E-state index in [9.17, 15) is 4.79 Å². The molecule has 0 saturated heterocycles. The highest BCUT2D eigenvalue weighted by atomic mass is 16.2. The summed E-state index contributed by atoms with van der Waals surface area (Å²) >= 11 is 0. The highest BCUT2D eigenvalue weighted by Crippen LogP contribution is 2.20. The quantitative estimate of drug-likeness (QED) is 0.740. The standard InChI is InChI=1S/C19H22N6O/c1-14(2)25(16-7-5-4-6-8-16)19(26)12-20-18-11-17(10-9-15(18)3)24-13-21-22-23-24/h4-11,13-14,20H,12H2,1-3H3. The van der Waals surface area contributed by atoms with Crippen LogP contribution in [-0.4, -0.2) is 38.7 Å². The zero-order chi connectivity index (χ0) is 18.5. The van der Waals surface area contributed by atoms with Crippen LogP contribution in [0.2, 0.25) is 0 Å². The highest BCUT2D eigenvalue weighted by Gasteiger charge is 2.18. The van der Waals surface area contributed by atoms with Crippen molar-refractivity contribution in [2.75, 3.05) is 16.8 Å². The number of carbonyl (C=O) groups is 1. The summed E-state index contributed by atoms with van der Waals surface area (Å²) in [6.45, 7) is 6.21. The fourth-order valence-electron chi connectivity index (χ4n) is 2.80. The molecule has 0 atom stereocenters. The predicted molar refractivity (Wildman–Crippen MR) is 101 cm³/mol. The molecule has 2 aromatic carbocycles. The second-order valence-corrected chi connectivity index (χ2v) is 6.30. The third kappa shape index (κ3) is 3.88. The third-order valence-corrected chi connectivity index (χ3v) is 4.08. The molecule has 0 bridgehead atoms. The Bertz CT molecular complexity index is 861. The monoisotopic (exact) mass is 350 g/mol. The minimum Gasteiger partial charge on any atom is -0.376 e. The van der Waals surface area contributed by atoms with Crippen molar-refractivity contribution < 1.29 is 4.79 Å². The molecule has 3 aromatic rings. The first kappa shape index (κ1) is 17.6. The molecule has 1 N–H and O–H groups in total. The Morgan fingerprint density at radius 1 is 1.19 bits per heavy atom. The first-order valence-electron chi connectivity index (χ1n) is 8.51. The lowest BCUT2D eigenvalue weighted by atomic mass is 10.1. The first-order valence-corrected chi connectivity index (χ1v) is 8.51. The van der Waals surface area contributed by atoms with Crippen LogP contribution in [0.5, 0.6) is 0 Å². The number of hydrogen-bond acceptors (Lipinski definition) is 5. The van der Waals surface area contributed by atoms with E-state index in [0.29, 0.717) is 0 Å². The van der Waals surface area contributed by atoms with Gasteiger partial charge in [0, 0.05) is 17.4 Å². The van der Waals surface area contributed by atoms with Gasteiger partial charge in [0.15, 0.2) is 0 Å². The lowest BCUT2D eigenvalue weighted by molar-refractivity contribution is -0.117. The number of benzene rings is 2. The van der Waals surface area contributed by atoms with E-state index >= 15 is 0 Å². The number of nitrogens with one attached hydrogen (secondary N) is 1. The average molecular weight is 350 g/mol. The van der Waals surface area contributed by atoms with Crippen molar-refractivity contribution in [1.82, 2.24) is 20.2 Å². The Kier molecular flexibility index (Phi) is 5.26. The summed E-state index contributed by atoms with van der Waals surface area (Å²) < 4.78 is 1.58. The van der Waals surface area contributed by atoms with Gasteiger partial charge in [-0.05, 0) is 61.0 Å². The fourth-order valence-corrected chi connectivity index (χ4v) is 2.80. The lowest BCUT2D eigenvalue weighted by Crippen LogP contribution is -2.40. The van der Waals surface area contributed by atoms with E-state index in [1.165, 1.54) is 6.33 Å². The number of aryl methyl sites for hydroxylation is 1. The Labute approximate surface area is 152 Å². The van der Waals surface area contributed by atoms with Gasteiger partial charge in [0.2, 0.25) is 5.91 Å². The van der Waals surface area contributed by atoms with Gasteiger partial charge in [-0.15, -0.1) is 5.10 Å². The zero-order valence-corrected chi connectivity index (χ0v) is 15.1. The van der Waals surface area contributed by atoms with Crippen molar-refractivity contribution in [3.05, 3.63) is 60.4 Å². The normalized spacial score (nSPS) is 10.8. The molecule has 0 aliphatic heterocycles. The van der Waals surface area contributed by atoms with Crippen LogP contribution in [0.1, 0.15) is 19.4 Å². The van der Waals surface area contributed by atoms with Gasteiger partial charge in [-0.2, -0.15) is 0 Å². The molecule has 0 aliphatic carbocycles. The number of hydrogen-bond donors (Lipinski definition) is 1. The molecular formula is C19H22N6O. The molecule has 3 rings (SSSR count). The number of tetrazole rings is 1. The van der Waals surface area contributed by atoms with E-state index in [-0.39, 0.29) is 18.5 Å². The lowest BCUT2D eigenvalue weighted by Gasteiger charge is -2.27. The summed E-state index contributed by atoms with van der Waals surface area (Å²) in [4.78, 5) is 14.6. The van der Waals surface area contributed by atoms with Crippen LogP contribution in [0.25, 0.3) is 5.69 Å². The van der Waals surface area contributed by atoms with Gasteiger partial charge < -0.3 is 10.2 Å². The predicted octanol–water partition coefficient (Wildman–Crippen LogP) is 2.82.